The Balaban J connectivity index is 1.57. The summed E-state index contributed by atoms with van der Waals surface area (Å²) in [7, 11) is 1.61. The number of benzene rings is 3. The molecule has 0 spiro atoms. The summed E-state index contributed by atoms with van der Waals surface area (Å²) >= 11 is 0. The fraction of sp³-hybridized carbons (Fsp3) is 0.258. The van der Waals surface area contributed by atoms with Crippen molar-refractivity contribution in [1.29, 1.82) is 0 Å². The van der Waals surface area contributed by atoms with Gasteiger partial charge in [-0.1, -0.05) is 61.9 Å². The van der Waals surface area contributed by atoms with E-state index in [1.807, 2.05) is 92.7 Å². The molecule has 0 saturated carbocycles. The summed E-state index contributed by atoms with van der Waals surface area (Å²) in [6.07, 6.45) is 1.69. The van der Waals surface area contributed by atoms with Gasteiger partial charge in [-0.05, 0) is 55.7 Å². The van der Waals surface area contributed by atoms with Gasteiger partial charge in [0.05, 0.1) is 18.5 Å². The zero-order valence-electron chi connectivity index (χ0n) is 22.9. The molecule has 1 heterocycles. The van der Waals surface area contributed by atoms with Crippen LogP contribution >= 0.6 is 0 Å². The molecule has 3 aromatic carbocycles. The van der Waals surface area contributed by atoms with E-state index >= 15 is 0 Å². The Morgan fingerprint density at radius 3 is 2.26 bits per heavy atom. The fourth-order valence-corrected chi connectivity index (χ4v) is 4.30. The zero-order chi connectivity index (χ0) is 27.8. The van der Waals surface area contributed by atoms with Gasteiger partial charge in [-0.3, -0.25) is 4.79 Å². The lowest BCUT2D eigenvalue weighted by atomic mass is 10.1. The molecular formula is C31H35N5O3. The maximum atomic E-state index is 13.3. The monoisotopic (exact) mass is 525 g/mol. The Bertz CT molecular complexity index is 1390. The van der Waals surface area contributed by atoms with E-state index in [0.717, 1.165) is 52.4 Å². The number of hydrogen-bond acceptors (Lipinski definition) is 4. The minimum absolute atomic E-state index is 0.0920. The Kier molecular flexibility index (Phi) is 8.99. The van der Waals surface area contributed by atoms with E-state index in [9.17, 15) is 9.59 Å². The molecule has 8 heteroatoms. The molecule has 0 aliphatic heterocycles. The first-order valence-electron chi connectivity index (χ1n) is 13.1. The highest BCUT2D eigenvalue weighted by molar-refractivity contribution is 5.97. The second kappa shape index (κ2) is 12.8. The molecule has 2 N–H and O–H groups in total. The number of aryl methyl sites for hydroxylation is 2. The van der Waals surface area contributed by atoms with Crippen molar-refractivity contribution in [3.8, 4) is 22.7 Å². The maximum absolute atomic E-state index is 13.3. The normalized spacial score (nSPS) is 10.7. The minimum atomic E-state index is -0.308. The fourth-order valence-electron chi connectivity index (χ4n) is 4.30. The highest BCUT2D eigenvalue weighted by atomic mass is 16.5. The lowest BCUT2D eigenvalue weighted by Gasteiger charge is -2.23. The third kappa shape index (κ3) is 6.84. The van der Waals surface area contributed by atoms with Crippen LogP contribution in [-0.2, 0) is 4.79 Å². The molecule has 8 nitrogen and oxygen atoms in total. The Labute approximate surface area is 229 Å². The summed E-state index contributed by atoms with van der Waals surface area (Å²) in [6.45, 7) is 6.34. The summed E-state index contributed by atoms with van der Waals surface area (Å²) in [5.74, 6) is 0.924. The number of ether oxygens (including phenoxy) is 1. The van der Waals surface area contributed by atoms with Crippen molar-refractivity contribution in [3.05, 3.63) is 90.0 Å². The van der Waals surface area contributed by atoms with Gasteiger partial charge in [-0.2, -0.15) is 5.10 Å². The molecular weight excluding hydrogens is 490 g/mol. The van der Waals surface area contributed by atoms with Crippen LogP contribution in [0.4, 0.5) is 16.3 Å². The highest BCUT2D eigenvalue weighted by Crippen LogP contribution is 2.26. The molecule has 3 amide bonds. The molecule has 0 unspecified atom stereocenters. The first kappa shape index (κ1) is 27.4. The van der Waals surface area contributed by atoms with Crippen LogP contribution in [0, 0.1) is 13.8 Å². The topological polar surface area (TPSA) is 88.5 Å². The van der Waals surface area contributed by atoms with E-state index in [1.165, 1.54) is 0 Å². The predicted octanol–water partition coefficient (Wildman–Crippen LogP) is 6.44. The Morgan fingerprint density at radius 1 is 0.923 bits per heavy atom. The molecule has 0 aliphatic carbocycles. The van der Waals surface area contributed by atoms with Gasteiger partial charge in [0.25, 0.3) is 0 Å². The molecule has 0 atom stereocenters. The highest BCUT2D eigenvalue weighted by Gasteiger charge is 2.20. The molecule has 0 fully saturated rings. The quantitative estimate of drug-likeness (QED) is 0.249. The first-order valence-corrected chi connectivity index (χ1v) is 13.1. The standard InChI is InChI=1S/C31H35N5O3/c1-5-6-19-35(31(38)33-30-22(2)11-10-12-23(30)3)21-29(37)32-28-20-27(24-13-8-7-9-14-24)34-36(28)25-15-17-26(39-4)18-16-25/h7-18,20H,5-6,19,21H2,1-4H3,(H,32,37)(H,33,38). The SMILES string of the molecule is CCCCN(CC(=O)Nc1cc(-c2ccccc2)nn1-c1ccc(OC)cc1)C(=O)Nc1c(C)cccc1C. The summed E-state index contributed by atoms with van der Waals surface area (Å²) in [5.41, 5.74) is 5.13. The van der Waals surface area contributed by atoms with E-state index in [1.54, 1.807) is 16.7 Å². The second-order valence-corrected chi connectivity index (χ2v) is 9.41. The molecule has 4 aromatic rings. The third-order valence-electron chi connectivity index (χ3n) is 6.48. The van der Waals surface area contributed by atoms with Crippen molar-refractivity contribution in [1.82, 2.24) is 14.7 Å². The number of amides is 3. The first-order chi connectivity index (χ1) is 18.9. The van der Waals surface area contributed by atoms with Gasteiger partial charge >= 0.3 is 6.03 Å². The number of para-hydroxylation sites is 1. The number of rotatable bonds is 10. The van der Waals surface area contributed by atoms with E-state index in [0.29, 0.717) is 12.4 Å². The van der Waals surface area contributed by atoms with E-state index in [-0.39, 0.29) is 18.5 Å². The number of urea groups is 1. The van der Waals surface area contributed by atoms with Gasteiger partial charge < -0.3 is 20.3 Å². The van der Waals surface area contributed by atoms with Crippen LogP contribution in [0.2, 0.25) is 0 Å². The molecule has 0 aliphatic rings. The largest absolute Gasteiger partial charge is 0.497 e. The summed E-state index contributed by atoms with van der Waals surface area (Å²) in [4.78, 5) is 28.1. The number of nitrogens with one attached hydrogen (secondary N) is 2. The lowest BCUT2D eigenvalue weighted by molar-refractivity contribution is -0.116. The average molecular weight is 526 g/mol. The number of aromatic nitrogens is 2. The number of hydrogen-bond donors (Lipinski definition) is 2. The number of anilines is 2. The molecule has 39 heavy (non-hydrogen) atoms. The van der Waals surface area contributed by atoms with Crippen LogP contribution in [0.5, 0.6) is 5.75 Å². The summed E-state index contributed by atoms with van der Waals surface area (Å²) in [5, 5.41) is 10.8. The number of nitrogens with zero attached hydrogens (tertiary/aromatic N) is 3. The van der Waals surface area contributed by atoms with Gasteiger partial charge in [0.15, 0.2) is 0 Å². The van der Waals surface area contributed by atoms with Crippen LogP contribution in [0.1, 0.15) is 30.9 Å². The van der Waals surface area contributed by atoms with E-state index in [2.05, 4.69) is 17.6 Å². The molecule has 0 bridgehead atoms. The zero-order valence-corrected chi connectivity index (χ0v) is 22.9. The van der Waals surface area contributed by atoms with Crippen molar-refractivity contribution in [2.24, 2.45) is 0 Å². The van der Waals surface area contributed by atoms with Crippen molar-refractivity contribution in [2.75, 3.05) is 30.8 Å². The molecule has 0 saturated heterocycles. The van der Waals surface area contributed by atoms with Crippen LogP contribution in [0.25, 0.3) is 16.9 Å². The van der Waals surface area contributed by atoms with Crippen molar-refractivity contribution in [2.45, 2.75) is 33.6 Å². The van der Waals surface area contributed by atoms with Gasteiger partial charge in [-0.15, -0.1) is 0 Å². The number of methoxy groups -OCH3 is 1. The summed E-state index contributed by atoms with van der Waals surface area (Å²) < 4.78 is 6.97. The second-order valence-electron chi connectivity index (χ2n) is 9.41. The van der Waals surface area contributed by atoms with Gasteiger partial charge in [0.1, 0.15) is 18.1 Å². The van der Waals surface area contributed by atoms with Gasteiger partial charge in [0.2, 0.25) is 5.91 Å². The van der Waals surface area contributed by atoms with Crippen molar-refractivity contribution < 1.29 is 14.3 Å². The van der Waals surface area contributed by atoms with E-state index in [4.69, 9.17) is 9.84 Å². The van der Waals surface area contributed by atoms with E-state index < -0.39 is 0 Å². The van der Waals surface area contributed by atoms with Crippen LogP contribution in [-0.4, -0.2) is 46.8 Å². The number of unbranched alkanes of at least 4 members (excludes halogenated alkanes) is 1. The minimum Gasteiger partial charge on any atom is -0.497 e. The predicted molar refractivity (Wildman–Crippen MR) is 156 cm³/mol. The molecule has 0 radical (unpaired) electrons. The molecule has 4 rings (SSSR count). The Morgan fingerprint density at radius 2 is 1.62 bits per heavy atom. The smallest absolute Gasteiger partial charge is 0.322 e. The van der Waals surface area contributed by atoms with Crippen LogP contribution < -0.4 is 15.4 Å². The third-order valence-corrected chi connectivity index (χ3v) is 6.48. The maximum Gasteiger partial charge on any atom is 0.322 e. The van der Waals surface area contributed by atoms with Crippen molar-refractivity contribution in [3.63, 3.8) is 0 Å². The van der Waals surface area contributed by atoms with Crippen LogP contribution in [0.3, 0.4) is 0 Å². The summed E-state index contributed by atoms with van der Waals surface area (Å²) in [6, 6.07) is 24.6. The number of carbonyl (C=O) groups is 2. The average Bonchev–Trinajstić information content (AvgIpc) is 3.37. The van der Waals surface area contributed by atoms with Gasteiger partial charge in [-0.25, -0.2) is 9.48 Å². The van der Waals surface area contributed by atoms with Crippen molar-refractivity contribution >= 4 is 23.4 Å². The molecule has 202 valence electrons. The Hall–Kier alpha value is -4.59. The van der Waals surface area contributed by atoms with Crippen LogP contribution in [0.15, 0.2) is 78.9 Å². The number of carbonyl (C=O) groups excluding carboxylic acids is 2. The van der Waals surface area contributed by atoms with Gasteiger partial charge in [0, 0.05) is 23.9 Å². The molecule has 1 aromatic heterocycles. The lowest BCUT2D eigenvalue weighted by Crippen LogP contribution is -2.41.